The van der Waals surface area contributed by atoms with Gasteiger partial charge < -0.3 is 10.1 Å². The Balaban J connectivity index is 1.97. The van der Waals surface area contributed by atoms with Gasteiger partial charge in [0.25, 0.3) is 6.43 Å². The zero-order chi connectivity index (χ0) is 24.0. The van der Waals surface area contributed by atoms with Crippen molar-refractivity contribution < 1.29 is 26.7 Å². The van der Waals surface area contributed by atoms with Gasteiger partial charge in [0.1, 0.15) is 0 Å². The molecule has 10 nitrogen and oxygen atoms in total. The fourth-order valence-electron chi connectivity index (χ4n) is 3.33. The minimum atomic E-state index is -4.00. The smallest absolute Gasteiger partial charge is 0.340 e. The quantitative estimate of drug-likeness (QED) is 0.428. The molecule has 0 unspecified atom stereocenters. The minimum absolute atomic E-state index is 0.00947. The van der Waals surface area contributed by atoms with E-state index in [-0.39, 0.29) is 21.3 Å². The summed E-state index contributed by atoms with van der Waals surface area (Å²) >= 11 is 0.647. The van der Waals surface area contributed by atoms with Crippen molar-refractivity contribution in [1.29, 1.82) is 0 Å². The lowest BCUT2D eigenvalue weighted by atomic mass is 10.1. The standard InChI is InChI=1S/C19H22F2N6O4S2/c1-19(5-6-19)26-33(29,30)10-8-11(18(28)31-3)13-12(4-7-22-2)23-15(27(13)9-10)17-25-24-16(32-17)14(20)21/h8-9,14,22,26H,4-7H2,1-3H3. The zero-order valence-electron chi connectivity index (χ0n) is 18.1. The van der Waals surface area contributed by atoms with Crippen LogP contribution < -0.4 is 10.0 Å². The number of methoxy groups -OCH3 is 1. The Morgan fingerprint density at radius 2 is 2.09 bits per heavy atom. The van der Waals surface area contributed by atoms with E-state index in [4.69, 9.17) is 4.74 Å². The number of nitrogens with one attached hydrogen (secondary N) is 2. The fourth-order valence-corrected chi connectivity index (χ4v) is 5.51. The molecule has 178 valence electrons. The number of hydrogen-bond acceptors (Lipinski definition) is 9. The SMILES string of the molecule is CNCCc1nc(-c2nnc(C(F)F)s2)n2cc(S(=O)(=O)NC3(C)CC3)cc(C(=O)OC)c12. The number of ether oxygens (including phenoxy) is 1. The Bertz CT molecular complexity index is 1320. The molecule has 14 heteroatoms. The molecule has 2 N–H and O–H groups in total. The molecule has 3 heterocycles. The molecular weight excluding hydrogens is 478 g/mol. The van der Waals surface area contributed by atoms with Crippen molar-refractivity contribution in [2.45, 2.75) is 43.0 Å². The number of aromatic nitrogens is 4. The van der Waals surface area contributed by atoms with Crippen molar-refractivity contribution in [3.63, 3.8) is 0 Å². The molecule has 0 bridgehead atoms. The Hall–Kier alpha value is -2.55. The third kappa shape index (κ3) is 4.60. The summed E-state index contributed by atoms with van der Waals surface area (Å²) in [6.45, 7) is 2.29. The summed E-state index contributed by atoms with van der Waals surface area (Å²) in [5, 5.41) is 9.89. The highest BCUT2D eigenvalue weighted by Gasteiger charge is 2.41. The molecule has 0 radical (unpaired) electrons. The Kier molecular flexibility index (Phi) is 6.20. The largest absolute Gasteiger partial charge is 0.465 e. The molecule has 33 heavy (non-hydrogen) atoms. The number of likely N-dealkylation sites (N-methyl/N-ethyl adjacent to an activating group) is 1. The summed E-state index contributed by atoms with van der Waals surface area (Å²) in [5.74, 6) is -0.641. The third-order valence-electron chi connectivity index (χ3n) is 5.31. The zero-order valence-corrected chi connectivity index (χ0v) is 19.7. The van der Waals surface area contributed by atoms with Crippen LogP contribution in [0, 0.1) is 0 Å². The van der Waals surface area contributed by atoms with Gasteiger partial charge in [0, 0.05) is 24.7 Å². The number of alkyl halides is 2. The maximum Gasteiger partial charge on any atom is 0.340 e. The molecule has 0 aromatic carbocycles. The number of esters is 1. The fraction of sp³-hybridized carbons (Fsp3) is 0.474. The number of fused-ring (bicyclic) bond motifs is 1. The number of nitrogens with zero attached hydrogens (tertiary/aromatic N) is 4. The molecular formula is C19H22F2N6O4S2. The van der Waals surface area contributed by atoms with Gasteiger partial charge >= 0.3 is 5.97 Å². The van der Waals surface area contributed by atoms with Crippen LogP contribution >= 0.6 is 11.3 Å². The highest BCUT2D eigenvalue weighted by Crippen LogP contribution is 2.37. The van der Waals surface area contributed by atoms with E-state index in [1.165, 1.54) is 23.8 Å². The lowest BCUT2D eigenvalue weighted by molar-refractivity contribution is 0.0602. The van der Waals surface area contributed by atoms with Gasteiger partial charge in [0.15, 0.2) is 15.8 Å². The monoisotopic (exact) mass is 500 g/mol. The van der Waals surface area contributed by atoms with Crippen LogP contribution in [-0.4, -0.2) is 60.2 Å². The first-order valence-corrected chi connectivity index (χ1v) is 12.3. The molecule has 1 aliphatic rings. The molecule has 0 aliphatic heterocycles. The molecule has 1 saturated carbocycles. The Morgan fingerprint density at radius 1 is 1.36 bits per heavy atom. The van der Waals surface area contributed by atoms with Gasteiger partial charge in [-0.05, 0) is 32.9 Å². The van der Waals surface area contributed by atoms with Crippen LogP contribution in [-0.2, 0) is 21.2 Å². The van der Waals surface area contributed by atoms with Gasteiger partial charge in [-0.15, -0.1) is 10.2 Å². The lowest BCUT2D eigenvalue weighted by Gasteiger charge is -2.14. The third-order valence-corrected chi connectivity index (χ3v) is 7.84. The number of carbonyl (C=O) groups is 1. The number of carbonyl (C=O) groups excluding carboxylic acids is 1. The lowest BCUT2D eigenvalue weighted by Crippen LogP contribution is -2.34. The Labute approximate surface area is 192 Å². The maximum atomic E-state index is 13.1. The predicted molar refractivity (Wildman–Crippen MR) is 116 cm³/mol. The van der Waals surface area contributed by atoms with Crippen molar-refractivity contribution >= 4 is 32.8 Å². The van der Waals surface area contributed by atoms with Crippen LogP contribution in [0.15, 0.2) is 17.2 Å². The van der Waals surface area contributed by atoms with Gasteiger partial charge in [-0.2, -0.15) is 0 Å². The van der Waals surface area contributed by atoms with Gasteiger partial charge in [-0.3, -0.25) is 4.40 Å². The van der Waals surface area contributed by atoms with Crippen LogP contribution in [0.5, 0.6) is 0 Å². The first kappa shape index (κ1) is 23.6. The van der Waals surface area contributed by atoms with Crippen molar-refractivity contribution in [2.24, 2.45) is 0 Å². The normalized spacial score (nSPS) is 15.3. The molecule has 4 rings (SSSR count). The minimum Gasteiger partial charge on any atom is -0.465 e. The van der Waals surface area contributed by atoms with Crippen molar-refractivity contribution in [2.75, 3.05) is 20.7 Å². The molecule has 0 spiro atoms. The van der Waals surface area contributed by atoms with E-state index in [9.17, 15) is 22.0 Å². The van der Waals surface area contributed by atoms with Crippen LogP contribution in [0.1, 0.15) is 47.3 Å². The predicted octanol–water partition coefficient (Wildman–Crippen LogP) is 2.17. The van der Waals surface area contributed by atoms with E-state index in [2.05, 4.69) is 25.2 Å². The Morgan fingerprint density at radius 3 is 2.67 bits per heavy atom. The number of sulfonamides is 1. The highest BCUT2D eigenvalue weighted by molar-refractivity contribution is 7.89. The van der Waals surface area contributed by atoms with E-state index in [1.54, 1.807) is 14.0 Å². The maximum absolute atomic E-state index is 13.1. The van der Waals surface area contributed by atoms with Gasteiger partial charge in [0.2, 0.25) is 10.0 Å². The summed E-state index contributed by atoms with van der Waals surface area (Å²) in [7, 11) is -1.06. The van der Waals surface area contributed by atoms with Gasteiger partial charge in [0.05, 0.1) is 28.8 Å². The van der Waals surface area contributed by atoms with Crippen molar-refractivity contribution in [3.8, 4) is 10.8 Å². The summed E-state index contributed by atoms with van der Waals surface area (Å²) < 4.78 is 61.3. The van der Waals surface area contributed by atoms with Crippen molar-refractivity contribution in [1.82, 2.24) is 29.6 Å². The summed E-state index contributed by atoms with van der Waals surface area (Å²) in [6.07, 6.45) is 0.280. The van der Waals surface area contributed by atoms with E-state index in [0.29, 0.717) is 48.4 Å². The van der Waals surface area contributed by atoms with E-state index >= 15 is 0 Å². The molecule has 0 amide bonds. The van der Waals surface area contributed by atoms with E-state index in [0.717, 1.165) is 0 Å². The van der Waals surface area contributed by atoms with E-state index in [1.807, 2.05) is 0 Å². The average molecular weight is 501 g/mol. The topological polar surface area (TPSA) is 128 Å². The molecule has 3 aromatic heterocycles. The van der Waals surface area contributed by atoms with Gasteiger partial charge in [-0.1, -0.05) is 11.3 Å². The van der Waals surface area contributed by atoms with Crippen LogP contribution in [0.2, 0.25) is 0 Å². The summed E-state index contributed by atoms with van der Waals surface area (Å²) in [5.41, 5.74) is 0.224. The number of rotatable bonds is 9. The summed E-state index contributed by atoms with van der Waals surface area (Å²) in [6, 6.07) is 1.24. The highest BCUT2D eigenvalue weighted by atomic mass is 32.2. The first-order valence-electron chi connectivity index (χ1n) is 10.0. The second kappa shape index (κ2) is 8.66. The van der Waals surface area contributed by atoms with Crippen molar-refractivity contribution in [3.05, 3.63) is 28.5 Å². The van der Waals surface area contributed by atoms with Crippen LogP contribution in [0.3, 0.4) is 0 Å². The first-order chi connectivity index (χ1) is 15.6. The number of hydrogen-bond donors (Lipinski definition) is 2. The second-order valence-electron chi connectivity index (χ2n) is 7.95. The number of pyridine rings is 1. The molecule has 1 aliphatic carbocycles. The van der Waals surface area contributed by atoms with Gasteiger partial charge in [-0.25, -0.2) is 31.7 Å². The van der Waals surface area contributed by atoms with Crippen LogP contribution in [0.25, 0.3) is 16.3 Å². The van der Waals surface area contributed by atoms with Crippen LogP contribution in [0.4, 0.5) is 8.78 Å². The average Bonchev–Trinajstić information content (AvgIpc) is 3.17. The number of imidazole rings is 1. The molecule has 1 fully saturated rings. The molecule has 3 aromatic rings. The second-order valence-corrected chi connectivity index (χ2v) is 10.6. The molecule has 0 saturated heterocycles. The molecule has 0 atom stereocenters. The summed E-state index contributed by atoms with van der Waals surface area (Å²) in [4.78, 5) is 17.0. The number of halogens is 2. The van der Waals surface area contributed by atoms with E-state index < -0.39 is 33.0 Å².